The van der Waals surface area contributed by atoms with Gasteiger partial charge in [0.2, 0.25) is 0 Å². The standard InChI is InChI=1S/C16H13BrFNS/c17-11-5-6-13(14(18)8-11)15(19)7-10-9-20-16-4-2-1-3-12(10)16/h1-6,8-9,15H,7,19H2. The molecule has 0 aliphatic rings. The number of thiophene rings is 1. The lowest BCUT2D eigenvalue weighted by Crippen LogP contribution is -2.14. The van der Waals surface area contributed by atoms with Crippen molar-refractivity contribution in [1.29, 1.82) is 0 Å². The summed E-state index contributed by atoms with van der Waals surface area (Å²) < 4.78 is 15.9. The maximum Gasteiger partial charge on any atom is 0.129 e. The molecule has 1 unspecified atom stereocenters. The van der Waals surface area contributed by atoms with E-state index in [1.807, 2.05) is 18.2 Å². The Hall–Kier alpha value is -1.23. The van der Waals surface area contributed by atoms with E-state index in [1.54, 1.807) is 17.4 Å². The third-order valence-electron chi connectivity index (χ3n) is 3.36. The molecule has 102 valence electrons. The largest absolute Gasteiger partial charge is 0.324 e. The van der Waals surface area contributed by atoms with Crippen LogP contribution in [0, 0.1) is 5.82 Å². The van der Waals surface area contributed by atoms with E-state index in [2.05, 4.69) is 33.4 Å². The molecule has 2 N–H and O–H groups in total. The molecule has 1 atom stereocenters. The second kappa shape index (κ2) is 5.64. The van der Waals surface area contributed by atoms with Crippen LogP contribution in [-0.4, -0.2) is 0 Å². The van der Waals surface area contributed by atoms with E-state index in [-0.39, 0.29) is 11.9 Å². The first kappa shape index (κ1) is 13.7. The van der Waals surface area contributed by atoms with E-state index >= 15 is 0 Å². The van der Waals surface area contributed by atoms with Gasteiger partial charge in [-0.05, 0) is 40.9 Å². The van der Waals surface area contributed by atoms with E-state index in [0.717, 1.165) is 4.47 Å². The molecular formula is C16H13BrFNS. The van der Waals surface area contributed by atoms with Gasteiger partial charge in [0, 0.05) is 20.8 Å². The Morgan fingerprint density at radius 3 is 2.80 bits per heavy atom. The topological polar surface area (TPSA) is 26.0 Å². The Labute approximate surface area is 129 Å². The van der Waals surface area contributed by atoms with Crippen LogP contribution in [0.4, 0.5) is 4.39 Å². The van der Waals surface area contributed by atoms with Crippen LogP contribution >= 0.6 is 27.3 Å². The summed E-state index contributed by atoms with van der Waals surface area (Å²) in [4.78, 5) is 0. The van der Waals surface area contributed by atoms with Gasteiger partial charge in [-0.25, -0.2) is 4.39 Å². The van der Waals surface area contributed by atoms with Crippen molar-refractivity contribution in [3.05, 3.63) is 69.3 Å². The van der Waals surface area contributed by atoms with E-state index in [9.17, 15) is 4.39 Å². The third-order valence-corrected chi connectivity index (χ3v) is 4.87. The summed E-state index contributed by atoms with van der Waals surface area (Å²) in [5, 5.41) is 3.33. The maximum atomic E-state index is 13.9. The first-order valence-corrected chi connectivity index (χ1v) is 7.98. The maximum absolute atomic E-state index is 13.9. The third kappa shape index (κ3) is 2.64. The van der Waals surface area contributed by atoms with Gasteiger partial charge in [0.15, 0.2) is 0 Å². The van der Waals surface area contributed by atoms with Gasteiger partial charge in [0.1, 0.15) is 5.82 Å². The highest BCUT2D eigenvalue weighted by Crippen LogP contribution is 2.29. The minimum absolute atomic E-state index is 0.258. The molecule has 0 saturated heterocycles. The molecular weight excluding hydrogens is 337 g/mol. The minimum atomic E-state index is -0.332. The van der Waals surface area contributed by atoms with Crippen LogP contribution < -0.4 is 5.73 Å². The number of nitrogens with two attached hydrogens (primary N) is 1. The fraction of sp³-hybridized carbons (Fsp3) is 0.125. The van der Waals surface area contributed by atoms with Crippen LogP contribution in [-0.2, 0) is 6.42 Å². The molecule has 4 heteroatoms. The van der Waals surface area contributed by atoms with Crippen LogP contribution in [0.25, 0.3) is 10.1 Å². The zero-order valence-electron chi connectivity index (χ0n) is 10.6. The average molecular weight is 350 g/mol. The van der Waals surface area contributed by atoms with E-state index < -0.39 is 0 Å². The van der Waals surface area contributed by atoms with Crippen molar-refractivity contribution in [1.82, 2.24) is 0 Å². The number of halogens is 2. The molecule has 0 saturated carbocycles. The number of benzene rings is 2. The summed E-state index contributed by atoms with van der Waals surface area (Å²) in [6, 6.07) is 12.9. The molecule has 0 amide bonds. The van der Waals surface area contributed by atoms with Crippen LogP contribution in [0.2, 0.25) is 0 Å². The molecule has 3 rings (SSSR count). The summed E-state index contributed by atoms with van der Waals surface area (Å²) >= 11 is 4.96. The van der Waals surface area contributed by atoms with Gasteiger partial charge < -0.3 is 5.73 Å². The second-order valence-corrected chi connectivity index (χ2v) is 6.56. The Morgan fingerprint density at radius 2 is 2.00 bits per heavy atom. The van der Waals surface area contributed by atoms with Gasteiger partial charge in [-0.1, -0.05) is 40.2 Å². The molecule has 0 aliphatic carbocycles. The van der Waals surface area contributed by atoms with Gasteiger partial charge >= 0.3 is 0 Å². The number of rotatable bonds is 3. The molecule has 1 heterocycles. The van der Waals surface area contributed by atoms with Crippen LogP contribution in [0.5, 0.6) is 0 Å². The smallest absolute Gasteiger partial charge is 0.129 e. The Kier molecular flexibility index (Phi) is 3.87. The normalized spacial score (nSPS) is 12.8. The molecule has 0 fully saturated rings. The molecule has 3 aromatic rings. The quantitative estimate of drug-likeness (QED) is 0.703. The Bertz CT molecular complexity index is 753. The molecule has 0 aliphatic heterocycles. The SMILES string of the molecule is NC(Cc1csc2ccccc12)c1ccc(Br)cc1F. The van der Waals surface area contributed by atoms with Crippen LogP contribution in [0.15, 0.2) is 52.3 Å². The monoisotopic (exact) mass is 349 g/mol. The van der Waals surface area contributed by atoms with E-state index in [4.69, 9.17) is 5.73 Å². The van der Waals surface area contributed by atoms with E-state index in [1.165, 1.54) is 21.7 Å². The van der Waals surface area contributed by atoms with Crippen molar-refractivity contribution in [2.75, 3.05) is 0 Å². The van der Waals surface area contributed by atoms with Crippen molar-refractivity contribution in [2.24, 2.45) is 5.73 Å². The molecule has 0 bridgehead atoms. The first-order valence-electron chi connectivity index (χ1n) is 6.31. The Balaban J connectivity index is 1.90. The lowest BCUT2D eigenvalue weighted by molar-refractivity contribution is 0.580. The summed E-state index contributed by atoms with van der Waals surface area (Å²) in [5.41, 5.74) is 7.92. The van der Waals surface area contributed by atoms with Crippen molar-refractivity contribution < 1.29 is 4.39 Å². The summed E-state index contributed by atoms with van der Waals surface area (Å²) in [7, 11) is 0. The van der Waals surface area contributed by atoms with Gasteiger partial charge in [-0.3, -0.25) is 0 Å². The fourth-order valence-corrected chi connectivity index (χ4v) is 3.65. The van der Waals surface area contributed by atoms with Crippen LogP contribution in [0.3, 0.4) is 0 Å². The van der Waals surface area contributed by atoms with Crippen molar-refractivity contribution in [2.45, 2.75) is 12.5 Å². The van der Waals surface area contributed by atoms with Crippen LogP contribution in [0.1, 0.15) is 17.2 Å². The summed E-state index contributed by atoms with van der Waals surface area (Å²) in [5.74, 6) is -0.258. The molecule has 0 spiro atoms. The minimum Gasteiger partial charge on any atom is -0.324 e. The zero-order valence-corrected chi connectivity index (χ0v) is 13.0. The highest BCUT2D eigenvalue weighted by molar-refractivity contribution is 9.10. The molecule has 1 nitrogen and oxygen atoms in total. The van der Waals surface area contributed by atoms with Gasteiger partial charge in [0.25, 0.3) is 0 Å². The number of hydrogen-bond donors (Lipinski definition) is 1. The molecule has 1 aromatic heterocycles. The van der Waals surface area contributed by atoms with E-state index in [0.29, 0.717) is 12.0 Å². The number of fused-ring (bicyclic) bond motifs is 1. The number of hydrogen-bond acceptors (Lipinski definition) is 2. The highest BCUT2D eigenvalue weighted by atomic mass is 79.9. The summed E-state index contributed by atoms with van der Waals surface area (Å²) in [6.45, 7) is 0. The van der Waals surface area contributed by atoms with Gasteiger partial charge in [-0.2, -0.15) is 0 Å². The lowest BCUT2D eigenvalue weighted by atomic mass is 9.99. The van der Waals surface area contributed by atoms with Crippen molar-refractivity contribution in [3.8, 4) is 0 Å². The fourth-order valence-electron chi connectivity index (χ4n) is 2.34. The average Bonchev–Trinajstić information content (AvgIpc) is 2.82. The second-order valence-electron chi connectivity index (χ2n) is 4.73. The predicted molar refractivity (Wildman–Crippen MR) is 86.6 cm³/mol. The van der Waals surface area contributed by atoms with Gasteiger partial charge in [-0.15, -0.1) is 11.3 Å². The lowest BCUT2D eigenvalue weighted by Gasteiger charge is -2.13. The van der Waals surface area contributed by atoms with Crippen molar-refractivity contribution >= 4 is 37.4 Å². The first-order chi connectivity index (χ1) is 9.65. The predicted octanol–water partition coefficient (Wildman–Crippen LogP) is 5.05. The highest BCUT2D eigenvalue weighted by Gasteiger charge is 2.14. The molecule has 20 heavy (non-hydrogen) atoms. The zero-order chi connectivity index (χ0) is 14.1. The van der Waals surface area contributed by atoms with Crippen molar-refractivity contribution in [3.63, 3.8) is 0 Å². The molecule has 0 radical (unpaired) electrons. The van der Waals surface area contributed by atoms with Gasteiger partial charge in [0.05, 0.1) is 0 Å². The summed E-state index contributed by atoms with van der Waals surface area (Å²) in [6.07, 6.45) is 0.641. The Morgan fingerprint density at radius 1 is 1.20 bits per heavy atom. The molecule has 2 aromatic carbocycles.